The first-order valence-electron chi connectivity index (χ1n) is 5.61. The van der Waals surface area contributed by atoms with Crippen molar-refractivity contribution in [3.05, 3.63) is 59.0 Å². The molecule has 1 amide bonds. The minimum atomic E-state index is -1.15. The second-order valence-corrected chi connectivity index (χ2v) is 4.27. The van der Waals surface area contributed by atoms with E-state index >= 15 is 0 Å². The molecule has 0 unspecified atom stereocenters. The van der Waals surface area contributed by atoms with Crippen LogP contribution in [0.5, 0.6) is 0 Å². The lowest BCUT2D eigenvalue weighted by Crippen LogP contribution is -2.11. The molecule has 0 aliphatic rings. The summed E-state index contributed by atoms with van der Waals surface area (Å²) in [5.41, 5.74) is 0.105. The van der Waals surface area contributed by atoms with Crippen LogP contribution in [0.3, 0.4) is 0 Å². The van der Waals surface area contributed by atoms with Gasteiger partial charge in [-0.2, -0.15) is 0 Å². The number of carboxylic acid groups (broad SMARTS) is 1. The summed E-state index contributed by atoms with van der Waals surface area (Å²) in [7, 11) is 0. The van der Waals surface area contributed by atoms with Gasteiger partial charge in [0.1, 0.15) is 5.76 Å². The summed E-state index contributed by atoms with van der Waals surface area (Å²) >= 11 is 5.79. The summed E-state index contributed by atoms with van der Waals surface area (Å²) in [5.74, 6) is -1.11. The SMILES string of the molecule is O=C(C=Cc1ccco1)Nc1cc(Cl)ccc1C(=O)O. The van der Waals surface area contributed by atoms with Gasteiger partial charge in [-0.05, 0) is 36.4 Å². The molecular formula is C14H10ClNO4. The van der Waals surface area contributed by atoms with Gasteiger partial charge in [0.2, 0.25) is 5.91 Å². The zero-order valence-electron chi connectivity index (χ0n) is 10.2. The lowest BCUT2D eigenvalue weighted by molar-refractivity contribution is -0.111. The molecule has 0 aliphatic carbocycles. The molecule has 20 heavy (non-hydrogen) atoms. The van der Waals surface area contributed by atoms with E-state index in [0.717, 1.165) is 0 Å². The van der Waals surface area contributed by atoms with E-state index in [1.165, 1.54) is 36.6 Å². The lowest BCUT2D eigenvalue weighted by atomic mass is 10.2. The Morgan fingerprint density at radius 3 is 2.75 bits per heavy atom. The molecule has 6 heteroatoms. The van der Waals surface area contributed by atoms with E-state index in [9.17, 15) is 9.59 Å². The van der Waals surface area contributed by atoms with Gasteiger partial charge in [0.05, 0.1) is 17.5 Å². The Bertz CT molecular complexity index is 662. The highest BCUT2D eigenvalue weighted by molar-refractivity contribution is 6.31. The molecule has 0 aliphatic heterocycles. The van der Waals surface area contributed by atoms with Crippen molar-refractivity contribution in [2.75, 3.05) is 5.32 Å². The van der Waals surface area contributed by atoms with Crippen LogP contribution in [-0.2, 0) is 4.79 Å². The molecular weight excluding hydrogens is 282 g/mol. The van der Waals surface area contributed by atoms with Gasteiger partial charge in [0.25, 0.3) is 0 Å². The van der Waals surface area contributed by atoms with Crippen molar-refractivity contribution < 1.29 is 19.1 Å². The molecule has 0 atom stereocenters. The Morgan fingerprint density at radius 1 is 1.30 bits per heavy atom. The van der Waals surface area contributed by atoms with Crippen molar-refractivity contribution >= 4 is 35.2 Å². The molecule has 1 aromatic heterocycles. The minimum Gasteiger partial charge on any atom is -0.478 e. The van der Waals surface area contributed by atoms with Gasteiger partial charge >= 0.3 is 5.97 Å². The summed E-state index contributed by atoms with van der Waals surface area (Å²) in [6.07, 6.45) is 4.20. The number of rotatable bonds is 4. The Balaban J connectivity index is 2.15. The van der Waals surface area contributed by atoms with Crippen LogP contribution in [-0.4, -0.2) is 17.0 Å². The highest BCUT2D eigenvalue weighted by Gasteiger charge is 2.11. The first-order valence-corrected chi connectivity index (χ1v) is 5.99. The van der Waals surface area contributed by atoms with Crippen molar-refractivity contribution in [1.29, 1.82) is 0 Å². The number of anilines is 1. The van der Waals surface area contributed by atoms with Crippen LogP contribution < -0.4 is 5.32 Å². The predicted molar refractivity (Wildman–Crippen MR) is 74.8 cm³/mol. The summed E-state index contributed by atoms with van der Waals surface area (Å²) in [4.78, 5) is 22.7. The molecule has 102 valence electrons. The van der Waals surface area contributed by atoms with E-state index in [0.29, 0.717) is 10.8 Å². The van der Waals surface area contributed by atoms with E-state index in [4.69, 9.17) is 21.1 Å². The number of aromatic carboxylic acids is 1. The molecule has 2 aromatic rings. The Hall–Kier alpha value is -2.53. The van der Waals surface area contributed by atoms with Crippen molar-refractivity contribution in [1.82, 2.24) is 0 Å². The summed E-state index contributed by atoms with van der Waals surface area (Å²) in [6.45, 7) is 0. The van der Waals surface area contributed by atoms with E-state index in [-0.39, 0.29) is 11.3 Å². The lowest BCUT2D eigenvalue weighted by Gasteiger charge is -2.06. The van der Waals surface area contributed by atoms with Crippen molar-refractivity contribution in [2.45, 2.75) is 0 Å². The van der Waals surface area contributed by atoms with E-state index in [1.54, 1.807) is 12.1 Å². The first-order chi connectivity index (χ1) is 9.56. The number of halogens is 1. The van der Waals surface area contributed by atoms with Crippen LogP contribution in [0.25, 0.3) is 6.08 Å². The smallest absolute Gasteiger partial charge is 0.337 e. The van der Waals surface area contributed by atoms with Gasteiger partial charge in [-0.3, -0.25) is 4.79 Å². The largest absolute Gasteiger partial charge is 0.478 e. The number of carbonyl (C=O) groups is 2. The van der Waals surface area contributed by atoms with E-state index < -0.39 is 11.9 Å². The fourth-order valence-corrected chi connectivity index (χ4v) is 1.70. The Morgan fingerprint density at radius 2 is 2.10 bits per heavy atom. The summed E-state index contributed by atoms with van der Waals surface area (Å²) < 4.78 is 5.03. The van der Waals surface area contributed by atoms with Gasteiger partial charge in [0.15, 0.2) is 0 Å². The molecule has 0 saturated heterocycles. The standard InChI is InChI=1S/C14H10ClNO4/c15-9-3-5-11(14(18)19)12(8-9)16-13(17)6-4-10-2-1-7-20-10/h1-8H,(H,16,17)(H,18,19). The number of nitrogens with one attached hydrogen (secondary N) is 1. The average molecular weight is 292 g/mol. The quantitative estimate of drug-likeness (QED) is 0.847. The van der Waals surface area contributed by atoms with E-state index in [2.05, 4.69) is 5.32 Å². The van der Waals surface area contributed by atoms with Crippen LogP contribution in [0.4, 0.5) is 5.69 Å². The monoisotopic (exact) mass is 291 g/mol. The first kappa shape index (κ1) is 13.9. The third-order valence-electron chi connectivity index (χ3n) is 2.41. The van der Waals surface area contributed by atoms with Crippen LogP contribution in [0.2, 0.25) is 5.02 Å². The molecule has 0 bridgehead atoms. The maximum Gasteiger partial charge on any atom is 0.337 e. The molecule has 0 fully saturated rings. The van der Waals surface area contributed by atoms with Gasteiger partial charge in [-0.25, -0.2) is 4.79 Å². The fraction of sp³-hybridized carbons (Fsp3) is 0. The van der Waals surface area contributed by atoms with Crippen molar-refractivity contribution in [3.63, 3.8) is 0 Å². The molecule has 0 radical (unpaired) electrons. The predicted octanol–water partition coefficient (Wildman–Crippen LogP) is 3.28. The van der Waals surface area contributed by atoms with Crippen LogP contribution >= 0.6 is 11.6 Å². The maximum absolute atomic E-state index is 11.7. The van der Waals surface area contributed by atoms with Gasteiger partial charge in [0, 0.05) is 11.1 Å². The zero-order valence-corrected chi connectivity index (χ0v) is 10.9. The summed E-state index contributed by atoms with van der Waals surface area (Å²) in [5, 5.41) is 11.8. The fourth-order valence-electron chi connectivity index (χ4n) is 1.52. The minimum absolute atomic E-state index is 0.0332. The highest BCUT2D eigenvalue weighted by atomic mass is 35.5. The topological polar surface area (TPSA) is 79.5 Å². The van der Waals surface area contributed by atoms with Crippen LogP contribution in [0.15, 0.2) is 47.1 Å². The molecule has 0 saturated carbocycles. The number of benzene rings is 1. The average Bonchev–Trinajstić information content (AvgIpc) is 2.89. The van der Waals surface area contributed by atoms with Crippen molar-refractivity contribution in [2.24, 2.45) is 0 Å². The highest BCUT2D eigenvalue weighted by Crippen LogP contribution is 2.21. The normalized spacial score (nSPS) is 10.7. The van der Waals surface area contributed by atoms with Gasteiger partial charge in [-0.15, -0.1) is 0 Å². The second kappa shape index (κ2) is 6.08. The van der Waals surface area contributed by atoms with Crippen LogP contribution in [0.1, 0.15) is 16.1 Å². The third kappa shape index (κ3) is 3.49. The molecule has 1 aromatic carbocycles. The molecule has 0 spiro atoms. The number of hydrogen-bond acceptors (Lipinski definition) is 3. The third-order valence-corrected chi connectivity index (χ3v) is 2.65. The zero-order chi connectivity index (χ0) is 14.5. The number of carbonyl (C=O) groups excluding carboxylic acids is 1. The van der Waals surface area contributed by atoms with Gasteiger partial charge < -0.3 is 14.8 Å². The molecule has 2 rings (SSSR count). The molecule has 2 N–H and O–H groups in total. The molecule has 1 heterocycles. The number of furan rings is 1. The van der Waals surface area contributed by atoms with Gasteiger partial charge in [-0.1, -0.05) is 11.6 Å². The molecule has 5 nitrogen and oxygen atoms in total. The van der Waals surface area contributed by atoms with Crippen molar-refractivity contribution in [3.8, 4) is 0 Å². The Kier molecular flexibility index (Phi) is 4.22. The Labute approximate surface area is 119 Å². The summed E-state index contributed by atoms with van der Waals surface area (Å²) in [6, 6.07) is 7.53. The second-order valence-electron chi connectivity index (χ2n) is 3.83. The number of amides is 1. The number of carboxylic acids is 1. The van der Waals surface area contributed by atoms with E-state index in [1.807, 2.05) is 0 Å². The maximum atomic E-state index is 11.7. The van der Waals surface area contributed by atoms with Crippen LogP contribution in [0, 0.1) is 0 Å². The number of hydrogen-bond donors (Lipinski definition) is 2.